The molecule has 23 heavy (non-hydrogen) atoms. The van der Waals surface area contributed by atoms with Gasteiger partial charge in [0.25, 0.3) is 0 Å². The highest BCUT2D eigenvalue weighted by atomic mass is 32.2. The van der Waals surface area contributed by atoms with E-state index in [4.69, 9.17) is 0 Å². The van der Waals surface area contributed by atoms with Crippen LogP contribution in [-0.2, 0) is 9.84 Å². The largest absolute Gasteiger partial charge is 0.351 e. The third kappa shape index (κ3) is 4.20. The summed E-state index contributed by atoms with van der Waals surface area (Å²) < 4.78 is 24.2. The Bertz CT molecular complexity index is 635. The molecule has 0 radical (unpaired) electrons. The van der Waals surface area contributed by atoms with Crippen LogP contribution in [0.3, 0.4) is 0 Å². The highest BCUT2D eigenvalue weighted by molar-refractivity contribution is 7.90. The number of anilines is 1. The topological polar surface area (TPSA) is 84.0 Å². The number of nitrogens with zero attached hydrogens (tertiary/aromatic N) is 2. The first kappa shape index (κ1) is 16.6. The van der Waals surface area contributed by atoms with Crippen LogP contribution in [0.5, 0.6) is 0 Å². The van der Waals surface area contributed by atoms with Gasteiger partial charge in [-0.25, -0.2) is 18.4 Å². The fraction of sp³-hybridized carbons (Fsp3) is 0.750. The fourth-order valence-electron chi connectivity index (χ4n) is 3.55. The Balaban J connectivity index is 1.87. The second-order valence-electron chi connectivity index (χ2n) is 6.74. The molecule has 1 unspecified atom stereocenters. The summed E-state index contributed by atoms with van der Waals surface area (Å²) >= 11 is 0. The summed E-state index contributed by atoms with van der Waals surface area (Å²) in [5, 5.41) is 6.74. The SMILES string of the molecule is CS(=O)(=O)c1cnc(NC2CCCCC2)nc1C1CCCNC1. The van der Waals surface area contributed by atoms with Gasteiger partial charge in [-0.05, 0) is 32.2 Å². The number of hydrogen-bond donors (Lipinski definition) is 2. The van der Waals surface area contributed by atoms with E-state index in [0.717, 1.165) is 38.8 Å². The Labute approximate surface area is 138 Å². The van der Waals surface area contributed by atoms with E-state index in [0.29, 0.717) is 17.7 Å². The van der Waals surface area contributed by atoms with Gasteiger partial charge in [-0.3, -0.25) is 0 Å². The molecular formula is C16H26N4O2S. The number of rotatable bonds is 4. The van der Waals surface area contributed by atoms with Gasteiger partial charge < -0.3 is 10.6 Å². The first-order valence-electron chi connectivity index (χ1n) is 8.58. The van der Waals surface area contributed by atoms with Crippen LogP contribution in [0.4, 0.5) is 5.95 Å². The van der Waals surface area contributed by atoms with E-state index in [1.54, 1.807) is 0 Å². The molecule has 2 aliphatic rings. The summed E-state index contributed by atoms with van der Waals surface area (Å²) in [6.07, 6.45) is 10.8. The second kappa shape index (κ2) is 7.13. The smallest absolute Gasteiger partial charge is 0.223 e. The lowest BCUT2D eigenvalue weighted by Gasteiger charge is -2.26. The van der Waals surface area contributed by atoms with E-state index in [2.05, 4.69) is 20.6 Å². The normalized spacial score (nSPS) is 23.6. The van der Waals surface area contributed by atoms with Crippen LogP contribution in [0.1, 0.15) is 56.6 Å². The van der Waals surface area contributed by atoms with Crippen LogP contribution >= 0.6 is 0 Å². The molecule has 1 saturated heterocycles. The number of aromatic nitrogens is 2. The Hall–Kier alpha value is -1.21. The van der Waals surface area contributed by atoms with E-state index in [9.17, 15) is 8.42 Å². The molecule has 2 fully saturated rings. The highest BCUT2D eigenvalue weighted by Crippen LogP contribution is 2.28. The van der Waals surface area contributed by atoms with Crippen molar-refractivity contribution in [2.24, 2.45) is 0 Å². The molecule has 1 aliphatic carbocycles. The standard InChI is InChI=1S/C16H26N4O2S/c1-23(21,22)14-11-18-16(19-13-7-3-2-4-8-13)20-15(14)12-6-5-9-17-10-12/h11-13,17H,2-10H2,1H3,(H,18,19,20). The molecule has 0 spiro atoms. The number of sulfone groups is 1. The first-order chi connectivity index (χ1) is 11.0. The van der Waals surface area contributed by atoms with Crippen molar-refractivity contribution >= 4 is 15.8 Å². The van der Waals surface area contributed by atoms with Crippen molar-refractivity contribution in [1.82, 2.24) is 15.3 Å². The Morgan fingerprint density at radius 3 is 2.61 bits per heavy atom. The number of nitrogens with one attached hydrogen (secondary N) is 2. The Morgan fingerprint density at radius 1 is 1.17 bits per heavy atom. The minimum Gasteiger partial charge on any atom is -0.351 e. The van der Waals surface area contributed by atoms with E-state index in [1.165, 1.54) is 31.7 Å². The molecule has 128 valence electrons. The van der Waals surface area contributed by atoms with Crippen LogP contribution in [0.25, 0.3) is 0 Å². The van der Waals surface area contributed by atoms with E-state index < -0.39 is 9.84 Å². The van der Waals surface area contributed by atoms with E-state index in [1.807, 2.05) is 0 Å². The van der Waals surface area contributed by atoms with E-state index in [-0.39, 0.29) is 10.8 Å². The summed E-state index contributed by atoms with van der Waals surface area (Å²) in [5.41, 5.74) is 0.674. The average molecular weight is 338 g/mol. The molecule has 7 heteroatoms. The molecule has 1 atom stereocenters. The summed E-state index contributed by atoms with van der Waals surface area (Å²) in [6, 6.07) is 0.408. The lowest BCUT2D eigenvalue weighted by Crippen LogP contribution is -2.30. The molecule has 0 aromatic carbocycles. The molecule has 0 amide bonds. The van der Waals surface area contributed by atoms with Gasteiger partial charge in [0, 0.05) is 24.8 Å². The van der Waals surface area contributed by atoms with Gasteiger partial charge in [-0.2, -0.15) is 0 Å². The van der Waals surface area contributed by atoms with Crippen LogP contribution in [0.2, 0.25) is 0 Å². The maximum Gasteiger partial charge on any atom is 0.223 e. The van der Waals surface area contributed by atoms with Gasteiger partial charge in [0.15, 0.2) is 9.84 Å². The van der Waals surface area contributed by atoms with Crippen molar-refractivity contribution in [2.75, 3.05) is 24.7 Å². The maximum absolute atomic E-state index is 12.1. The first-order valence-corrected chi connectivity index (χ1v) is 10.5. The zero-order valence-electron chi connectivity index (χ0n) is 13.7. The van der Waals surface area contributed by atoms with Crippen LogP contribution in [0.15, 0.2) is 11.1 Å². The second-order valence-corrected chi connectivity index (χ2v) is 8.72. The summed E-state index contributed by atoms with van der Waals surface area (Å²) in [7, 11) is -3.31. The minimum absolute atomic E-state index is 0.142. The summed E-state index contributed by atoms with van der Waals surface area (Å²) in [5.74, 6) is 0.716. The van der Waals surface area contributed by atoms with E-state index >= 15 is 0 Å². The van der Waals surface area contributed by atoms with Crippen molar-refractivity contribution in [1.29, 1.82) is 0 Å². The lowest BCUT2D eigenvalue weighted by molar-refractivity contribution is 0.445. The molecule has 1 aliphatic heterocycles. The van der Waals surface area contributed by atoms with Crippen molar-refractivity contribution in [3.05, 3.63) is 11.9 Å². The molecule has 1 aromatic heterocycles. The zero-order valence-corrected chi connectivity index (χ0v) is 14.5. The molecule has 1 saturated carbocycles. The summed E-state index contributed by atoms with van der Waals surface area (Å²) in [6.45, 7) is 1.77. The van der Waals surface area contributed by atoms with Gasteiger partial charge in [0.1, 0.15) is 4.90 Å². The fourth-order valence-corrected chi connectivity index (χ4v) is 4.38. The predicted molar refractivity (Wildman–Crippen MR) is 90.5 cm³/mol. The number of hydrogen-bond acceptors (Lipinski definition) is 6. The Kier molecular flexibility index (Phi) is 5.16. The van der Waals surface area contributed by atoms with Crippen LogP contribution in [0, 0.1) is 0 Å². The predicted octanol–water partition coefficient (Wildman–Crippen LogP) is 2.09. The van der Waals surface area contributed by atoms with Crippen LogP contribution in [-0.4, -0.2) is 43.8 Å². The van der Waals surface area contributed by atoms with Gasteiger partial charge in [-0.1, -0.05) is 19.3 Å². The maximum atomic E-state index is 12.1. The van der Waals surface area contributed by atoms with Gasteiger partial charge in [0.05, 0.1) is 11.9 Å². The van der Waals surface area contributed by atoms with Crippen molar-refractivity contribution < 1.29 is 8.42 Å². The lowest BCUT2D eigenvalue weighted by atomic mass is 9.95. The average Bonchev–Trinajstić information content (AvgIpc) is 2.55. The van der Waals surface area contributed by atoms with Gasteiger partial charge in [-0.15, -0.1) is 0 Å². The highest BCUT2D eigenvalue weighted by Gasteiger charge is 2.25. The third-order valence-corrected chi connectivity index (χ3v) is 5.92. The molecule has 2 N–H and O–H groups in total. The third-order valence-electron chi connectivity index (χ3n) is 4.80. The molecule has 1 aromatic rings. The molecule has 2 heterocycles. The molecule has 3 rings (SSSR count). The van der Waals surface area contributed by atoms with Crippen molar-refractivity contribution in [2.45, 2.75) is 61.8 Å². The van der Waals surface area contributed by atoms with Crippen molar-refractivity contribution in [3.8, 4) is 0 Å². The zero-order chi connectivity index (χ0) is 16.3. The van der Waals surface area contributed by atoms with Gasteiger partial charge >= 0.3 is 0 Å². The Morgan fingerprint density at radius 2 is 1.96 bits per heavy atom. The monoisotopic (exact) mass is 338 g/mol. The quantitative estimate of drug-likeness (QED) is 0.874. The number of piperidine rings is 1. The summed E-state index contributed by atoms with van der Waals surface area (Å²) in [4.78, 5) is 9.17. The molecule has 0 bridgehead atoms. The van der Waals surface area contributed by atoms with Crippen molar-refractivity contribution in [3.63, 3.8) is 0 Å². The molecule has 6 nitrogen and oxygen atoms in total. The molecular weight excluding hydrogens is 312 g/mol. The minimum atomic E-state index is -3.31. The van der Waals surface area contributed by atoms with Crippen LogP contribution < -0.4 is 10.6 Å². The van der Waals surface area contributed by atoms with Gasteiger partial charge in [0.2, 0.25) is 5.95 Å².